The second kappa shape index (κ2) is 5.85. The standard InChI is InChI=1S/C13H20N6O/c1-5-6-19(8-11(20)17(2)3)13-10-7-16-18(4)12(10)14-9-15-13/h7,9H,5-6,8H2,1-4H3. The largest absolute Gasteiger partial charge is 0.347 e. The first-order valence-electron chi connectivity index (χ1n) is 6.62. The summed E-state index contributed by atoms with van der Waals surface area (Å²) >= 11 is 0. The molecule has 0 spiro atoms. The molecule has 20 heavy (non-hydrogen) atoms. The highest BCUT2D eigenvalue weighted by Gasteiger charge is 2.17. The summed E-state index contributed by atoms with van der Waals surface area (Å²) in [6.07, 6.45) is 4.20. The van der Waals surface area contributed by atoms with Crippen LogP contribution in [0.15, 0.2) is 12.5 Å². The molecule has 0 saturated carbocycles. The summed E-state index contributed by atoms with van der Waals surface area (Å²) in [5, 5.41) is 5.08. The molecule has 0 atom stereocenters. The van der Waals surface area contributed by atoms with Crippen LogP contribution in [-0.2, 0) is 11.8 Å². The Morgan fingerprint density at radius 2 is 2.10 bits per heavy atom. The van der Waals surface area contributed by atoms with Gasteiger partial charge in [-0.1, -0.05) is 6.92 Å². The highest BCUT2D eigenvalue weighted by atomic mass is 16.2. The minimum atomic E-state index is 0.0501. The lowest BCUT2D eigenvalue weighted by atomic mass is 10.3. The highest BCUT2D eigenvalue weighted by molar-refractivity contribution is 5.89. The second-order valence-corrected chi connectivity index (χ2v) is 4.91. The lowest BCUT2D eigenvalue weighted by Crippen LogP contribution is -2.37. The number of hydrogen-bond acceptors (Lipinski definition) is 5. The second-order valence-electron chi connectivity index (χ2n) is 4.91. The van der Waals surface area contributed by atoms with Crippen LogP contribution in [0.2, 0.25) is 0 Å². The van der Waals surface area contributed by atoms with Gasteiger partial charge in [0.15, 0.2) is 5.65 Å². The number of nitrogens with zero attached hydrogens (tertiary/aromatic N) is 6. The van der Waals surface area contributed by atoms with Crippen molar-refractivity contribution >= 4 is 22.8 Å². The van der Waals surface area contributed by atoms with E-state index in [2.05, 4.69) is 22.0 Å². The van der Waals surface area contributed by atoms with Crippen molar-refractivity contribution in [1.29, 1.82) is 0 Å². The monoisotopic (exact) mass is 276 g/mol. The minimum absolute atomic E-state index is 0.0501. The average molecular weight is 276 g/mol. The molecule has 108 valence electrons. The van der Waals surface area contributed by atoms with Crippen LogP contribution in [0, 0.1) is 0 Å². The van der Waals surface area contributed by atoms with Crippen molar-refractivity contribution in [3.8, 4) is 0 Å². The number of rotatable bonds is 5. The van der Waals surface area contributed by atoms with Crippen LogP contribution in [-0.4, -0.2) is 57.7 Å². The Morgan fingerprint density at radius 3 is 2.75 bits per heavy atom. The van der Waals surface area contributed by atoms with Gasteiger partial charge in [-0.3, -0.25) is 9.48 Å². The molecule has 2 aromatic heterocycles. The molecule has 0 aliphatic heterocycles. The van der Waals surface area contributed by atoms with Gasteiger partial charge in [0.05, 0.1) is 18.1 Å². The van der Waals surface area contributed by atoms with E-state index in [1.165, 1.54) is 6.33 Å². The maximum absolute atomic E-state index is 12.0. The fraction of sp³-hybridized carbons (Fsp3) is 0.538. The Balaban J connectivity index is 2.38. The Bertz CT molecular complexity index is 606. The Labute approximate surface area is 118 Å². The van der Waals surface area contributed by atoms with E-state index in [1.807, 2.05) is 11.9 Å². The van der Waals surface area contributed by atoms with Gasteiger partial charge in [-0.2, -0.15) is 5.10 Å². The normalized spacial score (nSPS) is 10.8. The smallest absolute Gasteiger partial charge is 0.241 e. The van der Waals surface area contributed by atoms with Crippen LogP contribution < -0.4 is 4.90 Å². The third kappa shape index (κ3) is 2.71. The van der Waals surface area contributed by atoms with Crippen molar-refractivity contribution in [2.24, 2.45) is 7.05 Å². The molecule has 2 heterocycles. The molecule has 0 N–H and O–H groups in total. The van der Waals surface area contributed by atoms with Gasteiger partial charge < -0.3 is 9.80 Å². The zero-order valence-electron chi connectivity index (χ0n) is 12.4. The maximum atomic E-state index is 12.0. The van der Waals surface area contributed by atoms with Crippen LogP contribution in [0.5, 0.6) is 0 Å². The molecule has 7 heteroatoms. The van der Waals surface area contributed by atoms with E-state index < -0.39 is 0 Å². The number of aromatic nitrogens is 4. The molecule has 0 aliphatic carbocycles. The van der Waals surface area contributed by atoms with E-state index in [0.29, 0.717) is 6.54 Å². The van der Waals surface area contributed by atoms with Crippen molar-refractivity contribution in [2.75, 3.05) is 32.1 Å². The van der Waals surface area contributed by atoms with E-state index in [9.17, 15) is 4.79 Å². The summed E-state index contributed by atoms with van der Waals surface area (Å²) in [7, 11) is 5.35. The quantitative estimate of drug-likeness (QED) is 0.803. The number of carbonyl (C=O) groups excluding carboxylic acids is 1. The molecular formula is C13H20N6O. The Morgan fingerprint density at radius 1 is 1.35 bits per heavy atom. The van der Waals surface area contributed by atoms with Gasteiger partial charge >= 0.3 is 0 Å². The third-order valence-corrected chi connectivity index (χ3v) is 3.13. The van der Waals surface area contributed by atoms with Crippen molar-refractivity contribution in [3.63, 3.8) is 0 Å². The Hall–Kier alpha value is -2.18. The number of aryl methyl sites for hydroxylation is 1. The first kappa shape index (κ1) is 14.2. The van der Waals surface area contributed by atoms with E-state index >= 15 is 0 Å². The molecule has 0 saturated heterocycles. The summed E-state index contributed by atoms with van der Waals surface area (Å²) in [6, 6.07) is 0. The summed E-state index contributed by atoms with van der Waals surface area (Å²) in [4.78, 5) is 24.1. The summed E-state index contributed by atoms with van der Waals surface area (Å²) in [5.41, 5.74) is 0.772. The maximum Gasteiger partial charge on any atom is 0.241 e. The molecule has 0 fully saturated rings. The third-order valence-electron chi connectivity index (χ3n) is 3.13. The summed E-state index contributed by atoms with van der Waals surface area (Å²) in [5.74, 6) is 0.814. The lowest BCUT2D eigenvalue weighted by Gasteiger charge is -2.24. The van der Waals surface area contributed by atoms with E-state index in [1.54, 1.807) is 29.9 Å². The van der Waals surface area contributed by atoms with E-state index in [0.717, 1.165) is 29.8 Å². The number of amides is 1. The topological polar surface area (TPSA) is 67.2 Å². The number of hydrogen-bond donors (Lipinski definition) is 0. The minimum Gasteiger partial charge on any atom is -0.347 e. The van der Waals surface area contributed by atoms with E-state index in [-0.39, 0.29) is 5.91 Å². The molecule has 0 radical (unpaired) electrons. The zero-order valence-corrected chi connectivity index (χ0v) is 12.4. The molecule has 0 aromatic carbocycles. The summed E-state index contributed by atoms with van der Waals surface area (Å²) in [6.45, 7) is 3.15. The average Bonchev–Trinajstić information content (AvgIpc) is 2.80. The van der Waals surface area contributed by atoms with Crippen molar-refractivity contribution in [3.05, 3.63) is 12.5 Å². The SMILES string of the molecule is CCCN(CC(=O)N(C)C)c1ncnc2c1cnn2C. The first-order chi connectivity index (χ1) is 9.54. The van der Waals surface area contributed by atoms with Gasteiger partial charge in [0.25, 0.3) is 0 Å². The molecule has 2 rings (SSSR count). The number of carbonyl (C=O) groups is 1. The van der Waals surface area contributed by atoms with Crippen molar-refractivity contribution < 1.29 is 4.79 Å². The van der Waals surface area contributed by atoms with Crippen LogP contribution >= 0.6 is 0 Å². The molecular weight excluding hydrogens is 256 g/mol. The van der Waals surface area contributed by atoms with Crippen molar-refractivity contribution in [2.45, 2.75) is 13.3 Å². The predicted molar refractivity (Wildman–Crippen MR) is 77.5 cm³/mol. The molecule has 7 nitrogen and oxygen atoms in total. The van der Waals surface area contributed by atoms with Crippen LogP contribution in [0.4, 0.5) is 5.82 Å². The molecule has 0 unspecified atom stereocenters. The lowest BCUT2D eigenvalue weighted by molar-refractivity contribution is -0.127. The van der Waals surface area contributed by atoms with E-state index in [4.69, 9.17) is 0 Å². The molecule has 1 amide bonds. The predicted octanol–water partition coefficient (Wildman–Crippen LogP) is 0.668. The molecule has 0 aliphatic rings. The number of fused-ring (bicyclic) bond motifs is 1. The fourth-order valence-corrected chi connectivity index (χ4v) is 2.04. The first-order valence-corrected chi connectivity index (χ1v) is 6.62. The van der Waals surface area contributed by atoms with Gasteiger partial charge in [0.1, 0.15) is 12.1 Å². The number of likely N-dealkylation sites (N-methyl/N-ethyl adjacent to an activating group) is 1. The van der Waals surface area contributed by atoms with Crippen LogP contribution in [0.25, 0.3) is 11.0 Å². The van der Waals surface area contributed by atoms with Crippen LogP contribution in [0.3, 0.4) is 0 Å². The van der Waals surface area contributed by atoms with Crippen molar-refractivity contribution in [1.82, 2.24) is 24.6 Å². The van der Waals surface area contributed by atoms with Gasteiger partial charge in [-0.25, -0.2) is 9.97 Å². The Kier molecular flexibility index (Phi) is 4.16. The highest BCUT2D eigenvalue weighted by Crippen LogP contribution is 2.22. The number of anilines is 1. The van der Waals surface area contributed by atoms with Crippen LogP contribution in [0.1, 0.15) is 13.3 Å². The van der Waals surface area contributed by atoms with Gasteiger partial charge in [0, 0.05) is 27.7 Å². The van der Waals surface area contributed by atoms with Gasteiger partial charge in [-0.05, 0) is 6.42 Å². The fourth-order valence-electron chi connectivity index (χ4n) is 2.04. The zero-order chi connectivity index (χ0) is 14.7. The van der Waals surface area contributed by atoms with Gasteiger partial charge in [0.2, 0.25) is 5.91 Å². The van der Waals surface area contributed by atoms with Gasteiger partial charge in [-0.15, -0.1) is 0 Å². The molecule has 2 aromatic rings. The summed E-state index contributed by atoms with van der Waals surface area (Å²) < 4.78 is 1.71. The molecule has 0 bridgehead atoms.